The molecule has 2 N–H and O–H groups in total. The van der Waals surface area contributed by atoms with Crippen LogP contribution in [0, 0.1) is 0 Å². The summed E-state index contributed by atoms with van der Waals surface area (Å²) in [7, 11) is -3.54. The number of anilines is 2. The number of benzene rings is 1. The third-order valence-electron chi connectivity index (χ3n) is 5.39. The van der Waals surface area contributed by atoms with Crippen molar-refractivity contribution in [1.29, 1.82) is 0 Å². The quantitative estimate of drug-likeness (QED) is 0.450. The average Bonchev–Trinajstić information content (AvgIpc) is 3.29. The summed E-state index contributed by atoms with van der Waals surface area (Å²) in [6, 6.07) is 12.5. The van der Waals surface area contributed by atoms with Crippen LogP contribution < -0.4 is 39.2 Å². The van der Waals surface area contributed by atoms with E-state index in [0.717, 1.165) is 26.9 Å². The summed E-state index contributed by atoms with van der Waals surface area (Å²) in [5.74, 6) is 2.30. The fourth-order valence-corrected chi connectivity index (χ4v) is 5.98. The standard InChI is InChI=1S/C14H13BrN2O2S.C8H9BrN2.Na.H2O/c1-10-9-17(14-13(10)7-11(15)8-16-14)20(18,19)12-5-3-2-4-6-12;1-5-3-10-8-7(5)2-6(9)4-11-8;;/h2-8,10H,9H2,1H3;2,4-5H,3H2,1H3,(H,10,11);;1H2/q;;+1;/p-1. The largest absolute Gasteiger partial charge is 1.00 e. The first-order valence-electron chi connectivity index (χ1n) is 9.90. The molecule has 0 spiro atoms. The van der Waals surface area contributed by atoms with Gasteiger partial charge in [0.2, 0.25) is 0 Å². The Morgan fingerprint density at radius 3 is 2.24 bits per heavy atom. The van der Waals surface area contributed by atoms with Gasteiger partial charge in [0.15, 0.2) is 0 Å². The summed E-state index contributed by atoms with van der Waals surface area (Å²) in [5.41, 5.74) is 2.28. The van der Waals surface area contributed by atoms with E-state index in [1.54, 1.807) is 36.5 Å². The molecule has 2 unspecified atom stereocenters. The maximum absolute atomic E-state index is 12.7. The number of sulfonamides is 1. The molecule has 170 valence electrons. The third kappa shape index (κ3) is 5.98. The Morgan fingerprint density at radius 1 is 0.970 bits per heavy atom. The number of nitrogens with one attached hydrogen (secondary N) is 1. The maximum Gasteiger partial charge on any atom is 1.00 e. The van der Waals surface area contributed by atoms with Crippen molar-refractivity contribution < 1.29 is 43.5 Å². The van der Waals surface area contributed by atoms with E-state index in [1.165, 1.54) is 9.87 Å². The molecule has 0 fully saturated rings. The zero-order chi connectivity index (χ0) is 22.2. The molecule has 2 aliphatic rings. The molecule has 1 aromatic carbocycles. The van der Waals surface area contributed by atoms with Gasteiger partial charge in [-0.25, -0.2) is 22.7 Å². The predicted octanol–water partition coefficient (Wildman–Crippen LogP) is 2.36. The van der Waals surface area contributed by atoms with Crippen molar-refractivity contribution in [2.24, 2.45) is 0 Å². The number of rotatable bonds is 2. The Morgan fingerprint density at radius 2 is 1.58 bits per heavy atom. The van der Waals surface area contributed by atoms with E-state index >= 15 is 0 Å². The van der Waals surface area contributed by atoms with E-state index in [-0.39, 0.29) is 41.0 Å². The van der Waals surface area contributed by atoms with Crippen molar-refractivity contribution in [3.63, 3.8) is 0 Å². The van der Waals surface area contributed by atoms with Gasteiger partial charge in [0, 0.05) is 57.4 Å². The molecular formula is C22H23Br2N4NaO3S. The van der Waals surface area contributed by atoms with Crippen LogP contribution in [0.5, 0.6) is 0 Å². The Labute approximate surface area is 233 Å². The normalized spacial score (nSPS) is 18.0. The summed E-state index contributed by atoms with van der Waals surface area (Å²) >= 11 is 6.78. The molecule has 0 radical (unpaired) electrons. The third-order valence-corrected chi connectivity index (χ3v) is 8.03. The monoisotopic (exact) mass is 604 g/mol. The number of hydrogen-bond donors (Lipinski definition) is 1. The first-order valence-corrected chi connectivity index (χ1v) is 12.9. The fourth-order valence-electron chi connectivity index (χ4n) is 3.72. The smallest absolute Gasteiger partial charge is 0.870 e. The van der Waals surface area contributed by atoms with E-state index in [2.05, 4.69) is 60.1 Å². The van der Waals surface area contributed by atoms with Crippen molar-refractivity contribution >= 4 is 53.5 Å². The van der Waals surface area contributed by atoms with Crippen molar-refractivity contribution in [2.45, 2.75) is 30.6 Å². The van der Waals surface area contributed by atoms with Gasteiger partial charge in [-0.1, -0.05) is 32.0 Å². The predicted molar refractivity (Wildman–Crippen MR) is 132 cm³/mol. The van der Waals surface area contributed by atoms with Gasteiger partial charge in [-0.15, -0.1) is 0 Å². The molecule has 0 amide bonds. The van der Waals surface area contributed by atoms with Crippen molar-refractivity contribution in [3.05, 3.63) is 74.9 Å². The van der Waals surface area contributed by atoms with Gasteiger partial charge in [-0.05, 0) is 56.1 Å². The van der Waals surface area contributed by atoms with Crippen molar-refractivity contribution in [3.8, 4) is 0 Å². The van der Waals surface area contributed by atoms with Gasteiger partial charge < -0.3 is 10.8 Å². The fraction of sp³-hybridized carbons (Fsp3) is 0.273. The number of hydrogen-bond acceptors (Lipinski definition) is 6. The minimum atomic E-state index is -3.54. The van der Waals surface area contributed by atoms with Crippen LogP contribution >= 0.6 is 31.9 Å². The Kier molecular flexibility index (Phi) is 9.93. The van der Waals surface area contributed by atoms with Gasteiger partial charge in [-0.3, -0.25) is 0 Å². The molecule has 0 bridgehead atoms. The molecule has 11 heteroatoms. The molecule has 0 aliphatic carbocycles. The second-order valence-electron chi connectivity index (χ2n) is 7.69. The minimum Gasteiger partial charge on any atom is -0.870 e. The first-order chi connectivity index (χ1) is 14.8. The molecule has 3 aromatic rings. The summed E-state index contributed by atoms with van der Waals surface area (Å²) in [6.07, 6.45) is 3.45. The molecular weight excluding hydrogens is 583 g/mol. The second-order valence-corrected chi connectivity index (χ2v) is 11.4. The molecule has 7 nitrogen and oxygen atoms in total. The van der Waals surface area contributed by atoms with Crippen LogP contribution in [0.25, 0.3) is 0 Å². The van der Waals surface area contributed by atoms with Gasteiger partial charge in [-0.2, -0.15) is 0 Å². The summed E-state index contributed by atoms with van der Waals surface area (Å²) in [5, 5.41) is 3.25. The van der Waals surface area contributed by atoms with E-state index in [1.807, 2.05) is 19.2 Å². The van der Waals surface area contributed by atoms with E-state index in [9.17, 15) is 8.42 Å². The van der Waals surface area contributed by atoms with E-state index in [0.29, 0.717) is 23.2 Å². The average molecular weight is 606 g/mol. The molecule has 33 heavy (non-hydrogen) atoms. The SMILES string of the molecule is CC1CN(S(=O)(=O)c2ccccc2)c2ncc(Br)cc21.CC1CNc2ncc(Br)cc21.[Na+].[OH-]. The Balaban J connectivity index is 0.000000254. The van der Waals surface area contributed by atoms with Gasteiger partial charge in [0.05, 0.1) is 4.90 Å². The van der Waals surface area contributed by atoms with Crippen LogP contribution in [0.15, 0.2) is 68.7 Å². The van der Waals surface area contributed by atoms with Crippen LogP contribution in [0.3, 0.4) is 0 Å². The zero-order valence-corrected chi connectivity index (χ0v) is 24.5. The van der Waals surface area contributed by atoms with Crippen molar-refractivity contribution in [1.82, 2.24) is 9.97 Å². The molecule has 0 saturated carbocycles. The maximum atomic E-state index is 12.7. The molecule has 0 saturated heterocycles. The van der Waals surface area contributed by atoms with Crippen LogP contribution in [0.2, 0.25) is 0 Å². The molecule has 2 aromatic heterocycles. The zero-order valence-electron chi connectivity index (χ0n) is 18.5. The van der Waals surface area contributed by atoms with E-state index < -0.39 is 10.0 Å². The number of pyridine rings is 2. The second kappa shape index (κ2) is 11.6. The van der Waals surface area contributed by atoms with Crippen molar-refractivity contribution in [2.75, 3.05) is 22.7 Å². The summed E-state index contributed by atoms with van der Waals surface area (Å²) in [4.78, 5) is 8.83. The van der Waals surface area contributed by atoms with Crippen LogP contribution in [-0.4, -0.2) is 37.0 Å². The van der Waals surface area contributed by atoms with Crippen LogP contribution in [0.4, 0.5) is 11.6 Å². The number of nitrogens with zero attached hydrogens (tertiary/aromatic N) is 3. The first kappa shape index (κ1) is 28.2. The molecule has 4 heterocycles. The number of aromatic nitrogens is 2. The molecule has 2 atom stereocenters. The Bertz CT molecular complexity index is 1220. The van der Waals surface area contributed by atoms with Gasteiger partial charge in [0.25, 0.3) is 10.0 Å². The molecule has 5 rings (SSSR count). The summed E-state index contributed by atoms with van der Waals surface area (Å²) in [6.45, 7) is 5.65. The Hall–Kier alpha value is -1.01. The topological polar surface area (TPSA) is 105 Å². The summed E-state index contributed by atoms with van der Waals surface area (Å²) < 4.78 is 28.7. The van der Waals surface area contributed by atoms with Gasteiger partial charge >= 0.3 is 29.6 Å². The van der Waals surface area contributed by atoms with Crippen LogP contribution in [-0.2, 0) is 10.0 Å². The van der Waals surface area contributed by atoms with E-state index in [4.69, 9.17) is 0 Å². The molecule has 2 aliphatic heterocycles. The number of fused-ring (bicyclic) bond motifs is 2. The number of halogens is 2. The minimum absolute atomic E-state index is 0. The van der Waals surface area contributed by atoms with Gasteiger partial charge in [0.1, 0.15) is 11.6 Å². The van der Waals surface area contributed by atoms with Crippen LogP contribution in [0.1, 0.15) is 36.8 Å².